The Kier molecular flexibility index (Phi) is 6.28. The summed E-state index contributed by atoms with van der Waals surface area (Å²) in [6.45, 7) is 3.92. The average molecular weight is 462 g/mol. The molecule has 0 unspecified atom stereocenters. The Morgan fingerprint density at radius 1 is 0.970 bits per heavy atom. The molecule has 0 aliphatic rings. The Bertz CT molecular complexity index is 1470. The Morgan fingerprint density at radius 3 is 2.36 bits per heavy atom. The van der Waals surface area contributed by atoms with Crippen molar-refractivity contribution in [2.24, 2.45) is 5.10 Å². The number of anilines is 1. The van der Waals surface area contributed by atoms with Gasteiger partial charge in [-0.25, -0.2) is 0 Å². The van der Waals surface area contributed by atoms with Crippen LogP contribution in [0.15, 0.2) is 93.3 Å². The number of amides is 1. The highest BCUT2D eigenvalue weighted by molar-refractivity contribution is 7.89. The van der Waals surface area contributed by atoms with Gasteiger partial charge in [0, 0.05) is 11.1 Å². The number of aryl methyl sites for hydroxylation is 2. The number of carbonyl (C=O) groups is 1. The minimum Gasteiger partial charge on any atom is -0.436 e. The lowest BCUT2D eigenvalue weighted by Gasteiger charge is -2.08. The summed E-state index contributed by atoms with van der Waals surface area (Å²) >= 11 is 0. The van der Waals surface area contributed by atoms with Crippen molar-refractivity contribution in [2.75, 3.05) is 5.32 Å². The van der Waals surface area contributed by atoms with Gasteiger partial charge < -0.3 is 9.73 Å². The smallest absolute Gasteiger partial charge is 0.276 e. The van der Waals surface area contributed by atoms with Crippen molar-refractivity contribution in [3.05, 3.63) is 101 Å². The first-order valence-corrected chi connectivity index (χ1v) is 11.9. The van der Waals surface area contributed by atoms with Gasteiger partial charge in [-0.1, -0.05) is 55.0 Å². The zero-order valence-electron chi connectivity index (χ0n) is 18.2. The third-order valence-corrected chi connectivity index (χ3v) is 6.34. The largest absolute Gasteiger partial charge is 0.436 e. The van der Waals surface area contributed by atoms with Gasteiger partial charge in [0.15, 0.2) is 0 Å². The number of rotatable bonds is 6. The fourth-order valence-corrected chi connectivity index (χ4v) is 4.01. The van der Waals surface area contributed by atoms with Gasteiger partial charge in [-0.3, -0.25) is 4.79 Å². The predicted molar refractivity (Wildman–Crippen MR) is 127 cm³/mol. The van der Waals surface area contributed by atoms with E-state index in [4.69, 9.17) is 4.42 Å². The molecule has 1 heterocycles. The van der Waals surface area contributed by atoms with Crippen molar-refractivity contribution in [3.63, 3.8) is 0 Å². The minimum atomic E-state index is -3.95. The minimum absolute atomic E-state index is 0.0552. The molecule has 8 heteroatoms. The maximum absolute atomic E-state index is 13.1. The van der Waals surface area contributed by atoms with Crippen LogP contribution in [0.1, 0.15) is 28.4 Å². The van der Waals surface area contributed by atoms with Gasteiger partial charge >= 0.3 is 0 Å². The molecular formula is C25H23N3O4S. The summed E-state index contributed by atoms with van der Waals surface area (Å²) in [6, 6.07) is 22.6. The van der Waals surface area contributed by atoms with Gasteiger partial charge in [0.2, 0.25) is 5.55 Å². The molecular weight excluding hydrogens is 438 g/mol. The molecule has 0 saturated carbocycles. The second-order valence-electron chi connectivity index (χ2n) is 7.53. The van der Waals surface area contributed by atoms with E-state index in [1.54, 1.807) is 36.4 Å². The number of carbonyl (C=O) groups excluding carboxylic acids is 1. The number of benzene rings is 3. The SMILES string of the molecule is CCc1ccc(NC(=O)c2cc3ccccc3o/c2=N/NS(=O)(=O)c2ccc(C)cc2)cc1. The Labute approximate surface area is 191 Å². The van der Waals surface area contributed by atoms with Crippen molar-refractivity contribution < 1.29 is 17.6 Å². The van der Waals surface area contributed by atoms with Crippen molar-refractivity contribution in [1.29, 1.82) is 0 Å². The van der Waals surface area contributed by atoms with Crippen LogP contribution in [0.4, 0.5) is 5.69 Å². The summed E-state index contributed by atoms with van der Waals surface area (Å²) in [7, 11) is -3.95. The maximum atomic E-state index is 13.1. The summed E-state index contributed by atoms with van der Waals surface area (Å²) in [4.78, 5) is 15.3. The van der Waals surface area contributed by atoms with E-state index in [1.165, 1.54) is 12.1 Å². The van der Waals surface area contributed by atoms with Gasteiger partial charge in [0.1, 0.15) is 11.1 Å². The molecule has 1 amide bonds. The standard InChI is InChI=1S/C25H23N3O4S/c1-3-18-10-12-20(13-11-18)26-24(29)22-16-19-6-4-5-7-23(19)32-25(22)27-28-33(30,31)21-14-8-17(2)9-15-21/h4-16,28H,3H2,1-2H3,(H,26,29)/b27-25+. The van der Waals surface area contributed by atoms with E-state index in [-0.39, 0.29) is 16.0 Å². The molecule has 0 aliphatic carbocycles. The monoisotopic (exact) mass is 461 g/mol. The van der Waals surface area contributed by atoms with E-state index < -0.39 is 15.9 Å². The van der Waals surface area contributed by atoms with E-state index in [1.807, 2.05) is 37.3 Å². The first kappa shape index (κ1) is 22.3. The summed E-state index contributed by atoms with van der Waals surface area (Å²) in [5.74, 6) is -0.470. The molecule has 0 bridgehead atoms. The van der Waals surface area contributed by atoms with E-state index in [0.29, 0.717) is 16.7 Å². The Balaban J connectivity index is 1.72. The highest BCUT2D eigenvalue weighted by Crippen LogP contribution is 2.16. The zero-order valence-corrected chi connectivity index (χ0v) is 19.0. The molecule has 0 saturated heterocycles. The first-order chi connectivity index (χ1) is 15.9. The third kappa shape index (κ3) is 5.12. The van der Waals surface area contributed by atoms with Crippen LogP contribution in [0.3, 0.4) is 0 Å². The van der Waals surface area contributed by atoms with E-state index in [0.717, 1.165) is 17.5 Å². The molecule has 3 aromatic carbocycles. The van der Waals surface area contributed by atoms with Crippen molar-refractivity contribution in [1.82, 2.24) is 4.83 Å². The lowest BCUT2D eigenvalue weighted by atomic mass is 10.1. The topological polar surface area (TPSA) is 101 Å². The summed E-state index contributed by atoms with van der Waals surface area (Å²) in [5, 5.41) is 7.45. The lowest BCUT2D eigenvalue weighted by Crippen LogP contribution is -2.27. The Morgan fingerprint density at radius 2 is 1.67 bits per heavy atom. The number of sulfonamides is 1. The summed E-state index contributed by atoms with van der Waals surface area (Å²) < 4.78 is 31.1. The molecule has 0 radical (unpaired) electrons. The number of nitrogens with zero attached hydrogens (tertiary/aromatic N) is 1. The van der Waals surface area contributed by atoms with Crippen molar-refractivity contribution in [3.8, 4) is 0 Å². The molecule has 168 valence electrons. The first-order valence-electron chi connectivity index (χ1n) is 10.4. The molecule has 1 aromatic heterocycles. The summed E-state index contributed by atoms with van der Waals surface area (Å²) in [6.07, 6.45) is 0.891. The van der Waals surface area contributed by atoms with Crippen LogP contribution >= 0.6 is 0 Å². The van der Waals surface area contributed by atoms with Crippen LogP contribution in [0.25, 0.3) is 11.0 Å². The summed E-state index contributed by atoms with van der Waals surface area (Å²) in [5.41, 5.74) is 3.11. The average Bonchev–Trinajstić information content (AvgIpc) is 2.83. The molecule has 0 aliphatic heterocycles. The number of fused-ring (bicyclic) bond motifs is 1. The Hall–Kier alpha value is -3.91. The van der Waals surface area contributed by atoms with E-state index >= 15 is 0 Å². The zero-order chi connectivity index (χ0) is 23.4. The molecule has 33 heavy (non-hydrogen) atoms. The molecule has 4 rings (SSSR count). The lowest BCUT2D eigenvalue weighted by molar-refractivity contribution is 0.102. The van der Waals surface area contributed by atoms with E-state index in [2.05, 4.69) is 22.2 Å². The van der Waals surface area contributed by atoms with Crippen LogP contribution in [-0.2, 0) is 16.4 Å². The number of hydrogen-bond donors (Lipinski definition) is 2. The van der Waals surface area contributed by atoms with Crippen LogP contribution in [0, 0.1) is 6.92 Å². The normalized spacial score (nSPS) is 12.0. The quantitative estimate of drug-likeness (QED) is 0.417. The van der Waals surface area contributed by atoms with Crippen molar-refractivity contribution in [2.45, 2.75) is 25.2 Å². The van der Waals surface area contributed by atoms with Gasteiger partial charge in [-0.05, 0) is 55.3 Å². The van der Waals surface area contributed by atoms with Gasteiger partial charge in [-0.15, -0.1) is 5.10 Å². The molecule has 0 atom stereocenters. The second-order valence-corrected chi connectivity index (χ2v) is 9.19. The highest BCUT2D eigenvalue weighted by Gasteiger charge is 2.16. The molecule has 0 spiro atoms. The van der Waals surface area contributed by atoms with Crippen LogP contribution < -0.4 is 15.7 Å². The molecule has 7 nitrogen and oxygen atoms in total. The van der Waals surface area contributed by atoms with Gasteiger partial charge in [0.05, 0.1) is 4.90 Å². The number of para-hydroxylation sites is 1. The predicted octanol–water partition coefficient (Wildman–Crippen LogP) is 4.35. The molecule has 2 N–H and O–H groups in total. The molecule has 0 fully saturated rings. The third-order valence-electron chi connectivity index (χ3n) is 5.12. The fourth-order valence-electron chi connectivity index (χ4n) is 3.21. The van der Waals surface area contributed by atoms with Gasteiger partial charge in [0.25, 0.3) is 15.9 Å². The van der Waals surface area contributed by atoms with Crippen LogP contribution in [-0.4, -0.2) is 14.3 Å². The fraction of sp³-hybridized carbons (Fsp3) is 0.120. The molecule has 4 aromatic rings. The highest BCUT2D eigenvalue weighted by atomic mass is 32.2. The van der Waals surface area contributed by atoms with Gasteiger partial charge in [-0.2, -0.15) is 13.2 Å². The maximum Gasteiger partial charge on any atom is 0.276 e. The van der Waals surface area contributed by atoms with E-state index in [9.17, 15) is 13.2 Å². The number of nitrogens with one attached hydrogen (secondary N) is 2. The second kappa shape index (κ2) is 9.30. The van der Waals surface area contributed by atoms with Crippen LogP contribution in [0.2, 0.25) is 0 Å². The number of hydrogen-bond acceptors (Lipinski definition) is 5. The van der Waals surface area contributed by atoms with Crippen molar-refractivity contribution >= 4 is 32.6 Å². The van der Waals surface area contributed by atoms with Crippen LogP contribution in [0.5, 0.6) is 0 Å².